The van der Waals surface area contributed by atoms with Crippen LogP contribution in [0.25, 0.3) is 0 Å². The van der Waals surface area contributed by atoms with Gasteiger partial charge in [0.05, 0.1) is 12.8 Å². The van der Waals surface area contributed by atoms with Gasteiger partial charge in [0.25, 0.3) is 0 Å². The number of fused-ring (bicyclic) bond motifs is 1. The summed E-state index contributed by atoms with van der Waals surface area (Å²) >= 11 is 0. The first-order valence-electron chi connectivity index (χ1n) is 12.5. The number of para-hydroxylation sites is 2. The number of hydrogen-bond donors (Lipinski definition) is 0. The highest BCUT2D eigenvalue weighted by atomic mass is 16.5. The van der Waals surface area contributed by atoms with Gasteiger partial charge in [0.2, 0.25) is 0 Å². The third kappa shape index (κ3) is 4.25. The molecule has 1 saturated heterocycles. The number of ether oxygens (including phenoxy) is 1. The van der Waals surface area contributed by atoms with Crippen LogP contribution >= 0.6 is 0 Å². The van der Waals surface area contributed by atoms with Crippen LogP contribution in [0.1, 0.15) is 45.5 Å². The number of anilines is 1. The molecule has 5 rings (SSSR count). The molecule has 0 spiro atoms. The second kappa shape index (κ2) is 10.0. The number of piperazine rings is 1. The van der Waals surface area contributed by atoms with Crippen LogP contribution in [0.15, 0.2) is 78.9 Å². The van der Waals surface area contributed by atoms with Crippen molar-refractivity contribution in [1.29, 1.82) is 0 Å². The fraction of sp³-hybridized carbons (Fsp3) is 0.333. The van der Waals surface area contributed by atoms with Crippen LogP contribution in [0.4, 0.5) is 5.69 Å². The first kappa shape index (κ1) is 23.3. The van der Waals surface area contributed by atoms with E-state index in [0.717, 1.165) is 62.6 Å². The number of methoxy groups -OCH3 is 1. The minimum atomic E-state index is -1.09. The molecule has 1 aliphatic carbocycles. The van der Waals surface area contributed by atoms with Gasteiger partial charge in [-0.3, -0.25) is 14.5 Å². The second-order valence-electron chi connectivity index (χ2n) is 9.43. The third-order valence-electron chi connectivity index (χ3n) is 7.53. The van der Waals surface area contributed by atoms with E-state index in [9.17, 15) is 9.59 Å². The molecular formula is C30H32N2O3. The Kier molecular flexibility index (Phi) is 6.69. The van der Waals surface area contributed by atoms with Crippen molar-refractivity contribution in [3.8, 4) is 5.75 Å². The van der Waals surface area contributed by atoms with E-state index in [0.29, 0.717) is 17.5 Å². The summed E-state index contributed by atoms with van der Waals surface area (Å²) in [6, 6.07) is 25.1. The van der Waals surface area contributed by atoms with Crippen LogP contribution in [0, 0.1) is 0 Å². The maximum Gasteiger partial charge on any atom is 0.181 e. The zero-order valence-corrected chi connectivity index (χ0v) is 20.3. The zero-order valence-electron chi connectivity index (χ0n) is 20.3. The molecule has 1 aliphatic heterocycles. The Morgan fingerprint density at radius 3 is 2.00 bits per heavy atom. The van der Waals surface area contributed by atoms with Gasteiger partial charge in [-0.05, 0) is 37.1 Å². The van der Waals surface area contributed by atoms with E-state index in [1.165, 1.54) is 0 Å². The number of carbonyl (C=O) groups excluding carboxylic acids is 2. The molecule has 0 aromatic heterocycles. The molecule has 5 nitrogen and oxygen atoms in total. The van der Waals surface area contributed by atoms with E-state index < -0.39 is 5.41 Å². The lowest BCUT2D eigenvalue weighted by Crippen LogP contribution is -2.46. The minimum absolute atomic E-state index is 0.0466. The standard InChI is InChI=1S/C30H32N2O3/c1-35-27-16-8-7-15-26(27)32-21-19-31(20-22-32)18-10-9-17-30(23-11-3-2-4-12-23)28(33)24-13-5-6-14-25(24)29(30)34/h2-8,11-16H,9-10,17-22H2,1H3. The van der Waals surface area contributed by atoms with Gasteiger partial charge in [-0.25, -0.2) is 0 Å². The number of nitrogens with zero attached hydrogens (tertiary/aromatic N) is 2. The van der Waals surface area contributed by atoms with Crippen molar-refractivity contribution in [3.63, 3.8) is 0 Å². The molecule has 0 bridgehead atoms. The van der Waals surface area contributed by atoms with Crippen molar-refractivity contribution in [3.05, 3.63) is 95.6 Å². The van der Waals surface area contributed by atoms with Crippen molar-refractivity contribution in [1.82, 2.24) is 4.90 Å². The molecule has 0 N–H and O–H groups in total. The van der Waals surface area contributed by atoms with Crippen LogP contribution in [0.5, 0.6) is 5.75 Å². The summed E-state index contributed by atoms with van der Waals surface area (Å²) in [6.45, 7) is 4.87. The smallest absolute Gasteiger partial charge is 0.181 e. The predicted molar refractivity (Wildman–Crippen MR) is 139 cm³/mol. The Morgan fingerprint density at radius 2 is 1.34 bits per heavy atom. The molecule has 180 valence electrons. The summed E-state index contributed by atoms with van der Waals surface area (Å²) in [4.78, 5) is 32.1. The van der Waals surface area contributed by atoms with Crippen molar-refractivity contribution >= 4 is 17.3 Å². The highest BCUT2D eigenvalue weighted by Crippen LogP contribution is 2.43. The lowest BCUT2D eigenvalue weighted by Gasteiger charge is -2.36. The van der Waals surface area contributed by atoms with E-state index in [1.54, 1.807) is 19.2 Å². The Labute approximate surface area is 207 Å². The summed E-state index contributed by atoms with van der Waals surface area (Å²) in [7, 11) is 1.72. The maximum absolute atomic E-state index is 13.6. The number of rotatable bonds is 8. The van der Waals surface area contributed by atoms with Crippen LogP contribution in [-0.2, 0) is 5.41 Å². The highest BCUT2D eigenvalue weighted by Gasteiger charge is 2.53. The molecule has 3 aromatic carbocycles. The number of carbonyl (C=O) groups is 2. The van der Waals surface area contributed by atoms with Crippen LogP contribution < -0.4 is 9.64 Å². The van der Waals surface area contributed by atoms with Crippen LogP contribution in [0.2, 0.25) is 0 Å². The van der Waals surface area contributed by atoms with Gasteiger partial charge < -0.3 is 9.64 Å². The monoisotopic (exact) mass is 468 g/mol. The van der Waals surface area contributed by atoms with Gasteiger partial charge in [0.15, 0.2) is 11.6 Å². The first-order valence-corrected chi connectivity index (χ1v) is 12.5. The quantitative estimate of drug-likeness (QED) is 0.344. The van der Waals surface area contributed by atoms with E-state index in [2.05, 4.69) is 21.9 Å². The van der Waals surface area contributed by atoms with E-state index in [1.807, 2.05) is 54.6 Å². The molecule has 2 aliphatic rings. The topological polar surface area (TPSA) is 49.9 Å². The molecular weight excluding hydrogens is 436 g/mol. The molecule has 0 atom stereocenters. The molecule has 1 fully saturated rings. The molecule has 0 amide bonds. The average Bonchev–Trinajstić information content (AvgIpc) is 3.14. The number of hydrogen-bond acceptors (Lipinski definition) is 5. The van der Waals surface area contributed by atoms with Crippen molar-refractivity contribution < 1.29 is 14.3 Å². The summed E-state index contributed by atoms with van der Waals surface area (Å²) in [6.07, 6.45) is 2.33. The van der Waals surface area contributed by atoms with E-state index in [-0.39, 0.29) is 11.6 Å². The molecule has 0 unspecified atom stereocenters. The van der Waals surface area contributed by atoms with Crippen molar-refractivity contribution in [2.24, 2.45) is 0 Å². The van der Waals surface area contributed by atoms with Crippen molar-refractivity contribution in [2.45, 2.75) is 24.7 Å². The van der Waals surface area contributed by atoms with Crippen molar-refractivity contribution in [2.75, 3.05) is 44.7 Å². The first-order chi connectivity index (χ1) is 17.1. The third-order valence-corrected chi connectivity index (χ3v) is 7.53. The SMILES string of the molecule is COc1ccccc1N1CCN(CCCCC2(c3ccccc3)C(=O)c3ccccc3C2=O)CC1. The molecule has 1 heterocycles. The number of benzene rings is 3. The largest absolute Gasteiger partial charge is 0.495 e. The minimum Gasteiger partial charge on any atom is -0.495 e. The summed E-state index contributed by atoms with van der Waals surface area (Å²) < 4.78 is 5.53. The fourth-order valence-electron chi connectivity index (χ4n) is 5.63. The molecule has 0 saturated carbocycles. The highest BCUT2D eigenvalue weighted by molar-refractivity contribution is 6.33. The fourth-order valence-corrected chi connectivity index (χ4v) is 5.63. The second-order valence-corrected chi connectivity index (χ2v) is 9.43. The Hall–Kier alpha value is -3.44. The van der Waals surface area contributed by atoms with Gasteiger partial charge in [0.1, 0.15) is 11.2 Å². The lowest BCUT2D eigenvalue weighted by molar-refractivity contribution is 0.0779. The van der Waals surface area contributed by atoms with Crippen LogP contribution in [0.3, 0.4) is 0 Å². The summed E-state index contributed by atoms with van der Waals surface area (Å²) in [5.41, 5.74) is 2.00. The van der Waals surface area contributed by atoms with Gasteiger partial charge in [-0.15, -0.1) is 0 Å². The number of Topliss-reactive ketones (excluding diaryl/α,β-unsaturated/α-hetero) is 2. The van der Waals surface area contributed by atoms with E-state index in [4.69, 9.17) is 4.74 Å². The predicted octanol–water partition coefficient (Wildman–Crippen LogP) is 5.00. The normalized spacial score (nSPS) is 17.5. The molecule has 35 heavy (non-hydrogen) atoms. The lowest BCUT2D eigenvalue weighted by atomic mass is 9.72. The zero-order chi connectivity index (χ0) is 24.3. The van der Waals surface area contributed by atoms with Gasteiger partial charge in [-0.2, -0.15) is 0 Å². The van der Waals surface area contributed by atoms with E-state index >= 15 is 0 Å². The van der Waals surface area contributed by atoms with Gasteiger partial charge in [-0.1, -0.05) is 73.2 Å². The maximum atomic E-state index is 13.6. The average molecular weight is 469 g/mol. The number of ketones is 2. The van der Waals surface area contributed by atoms with Gasteiger partial charge in [0, 0.05) is 37.3 Å². The van der Waals surface area contributed by atoms with Crippen LogP contribution in [-0.4, -0.2) is 56.3 Å². The Balaban J connectivity index is 1.21. The Morgan fingerprint density at radius 1 is 0.743 bits per heavy atom. The molecule has 3 aromatic rings. The summed E-state index contributed by atoms with van der Waals surface area (Å²) in [5, 5.41) is 0. The van der Waals surface area contributed by atoms with Gasteiger partial charge >= 0.3 is 0 Å². The molecule has 0 radical (unpaired) electrons. The summed E-state index contributed by atoms with van der Waals surface area (Å²) in [5.74, 6) is 0.823. The number of unbranched alkanes of at least 4 members (excludes halogenated alkanes) is 1. The molecule has 5 heteroatoms. The Bertz CT molecular complexity index is 1160.